The smallest absolute Gasteiger partial charge is 0.143 e. The lowest BCUT2D eigenvalue weighted by molar-refractivity contribution is 0.666. The molecule has 4 aromatic heterocycles. The molecule has 3 nitrogen and oxygen atoms in total. The summed E-state index contributed by atoms with van der Waals surface area (Å²) in [5.41, 5.74) is 42.0. The van der Waals surface area contributed by atoms with Gasteiger partial charge in [-0.15, -0.1) is 11.3 Å². The van der Waals surface area contributed by atoms with E-state index in [4.69, 9.17) is 8.83 Å². The minimum Gasteiger partial charge on any atom is -0.456 e. The number of benzene rings is 26. The maximum absolute atomic E-state index is 6.37. The van der Waals surface area contributed by atoms with Crippen LogP contribution in [0, 0.1) is 0 Å². The summed E-state index contributed by atoms with van der Waals surface area (Å²) in [6.07, 6.45) is 4.97. The predicted molar refractivity (Wildman–Crippen MR) is 628 cm³/mol. The molecule has 0 saturated heterocycles. The Hall–Kier alpha value is -18.1. The van der Waals surface area contributed by atoms with Crippen LogP contribution in [0.5, 0.6) is 0 Å². The van der Waals surface area contributed by atoms with Crippen LogP contribution in [0.25, 0.3) is 266 Å². The van der Waals surface area contributed by atoms with E-state index in [0.29, 0.717) is 0 Å². The number of hydrogen-bond acceptors (Lipinski definition) is 3. The van der Waals surface area contributed by atoms with Crippen LogP contribution < -0.4 is 0 Å². The molecule has 0 aliphatic heterocycles. The van der Waals surface area contributed by atoms with Gasteiger partial charge in [0.1, 0.15) is 22.3 Å². The fourth-order valence-electron chi connectivity index (χ4n) is 27.3. The zero-order valence-electron chi connectivity index (χ0n) is 81.5. The van der Waals surface area contributed by atoms with Gasteiger partial charge in [-0.1, -0.05) is 384 Å². The van der Waals surface area contributed by atoms with Crippen molar-refractivity contribution in [3.8, 4) is 72.4 Å². The van der Waals surface area contributed by atoms with E-state index in [1.807, 2.05) is 11.3 Å². The Bertz CT molecular complexity index is 11100. The Morgan fingerprint density at radius 1 is 0.216 bits per heavy atom. The van der Waals surface area contributed by atoms with Gasteiger partial charge in [-0.25, -0.2) is 0 Å². The van der Waals surface area contributed by atoms with E-state index in [0.717, 1.165) is 54.4 Å². The summed E-state index contributed by atoms with van der Waals surface area (Å²) in [6.45, 7) is 4.79. The summed E-state index contributed by atoms with van der Waals surface area (Å²) < 4.78 is 17.9. The lowest BCUT2D eigenvalue weighted by Gasteiger charge is -2.23. The number of hydrogen-bond donors (Lipinski definition) is 0. The quantitative estimate of drug-likeness (QED) is 0.153. The van der Waals surface area contributed by atoms with Crippen LogP contribution in [-0.4, -0.2) is 4.57 Å². The van der Waals surface area contributed by atoms with Gasteiger partial charge >= 0.3 is 0 Å². The molecule has 6 aliphatic rings. The molecule has 0 radical (unpaired) electrons. The summed E-state index contributed by atoms with van der Waals surface area (Å²) in [7, 11) is 0. The van der Waals surface area contributed by atoms with E-state index in [1.165, 1.54) is 310 Å². The van der Waals surface area contributed by atoms with Crippen molar-refractivity contribution in [1.29, 1.82) is 0 Å². The van der Waals surface area contributed by atoms with Crippen LogP contribution in [0.15, 0.2) is 464 Å². The van der Waals surface area contributed by atoms with E-state index >= 15 is 0 Å². The average molecular weight is 1900 g/mol. The molecular formula is C144H91NO2S. The van der Waals surface area contributed by atoms with Crippen molar-refractivity contribution in [2.45, 2.75) is 51.4 Å². The number of rotatable bonds is 1. The van der Waals surface area contributed by atoms with Crippen molar-refractivity contribution in [2.24, 2.45) is 0 Å². The van der Waals surface area contributed by atoms with Gasteiger partial charge in [0.05, 0.1) is 11.0 Å². The molecule has 26 aromatic carbocycles. The third kappa shape index (κ3) is 12.4. The van der Waals surface area contributed by atoms with Gasteiger partial charge in [0, 0.05) is 75.4 Å². The number of aromatic nitrogens is 1. The van der Waals surface area contributed by atoms with Crippen molar-refractivity contribution >= 4 is 205 Å². The molecule has 148 heavy (non-hydrogen) atoms. The normalized spacial score (nSPS) is 13.3. The van der Waals surface area contributed by atoms with Crippen molar-refractivity contribution < 1.29 is 8.83 Å². The van der Waals surface area contributed by atoms with Crippen LogP contribution in [0.3, 0.4) is 0 Å². The van der Waals surface area contributed by atoms with Gasteiger partial charge in [-0.05, 0) is 346 Å². The molecule has 4 heterocycles. The average Bonchev–Trinajstić information content (AvgIpc) is 1.53. The molecule has 6 aliphatic carbocycles. The van der Waals surface area contributed by atoms with Crippen LogP contribution >= 0.6 is 11.3 Å². The Morgan fingerprint density at radius 2 is 0.635 bits per heavy atom. The minimum atomic E-state index is 0.0113. The molecule has 0 amide bonds. The Kier molecular flexibility index (Phi) is 18.0. The lowest BCUT2D eigenvalue weighted by atomic mass is 9.80. The molecule has 0 unspecified atom stereocenters. The highest BCUT2D eigenvalue weighted by Crippen LogP contribution is 2.59. The van der Waals surface area contributed by atoms with E-state index in [1.54, 1.807) is 0 Å². The molecule has 4 heteroatoms. The first-order chi connectivity index (χ1) is 73.1. The highest BCUT2D eigenvalue weighted by molar-refractivity contribution is 7.26. The molecule has 0 N–H and O–H groups in total. The predicted octanol–water partition coefficient (Wildman–Crippen LogP) is 39.4. The fourth-order valence-corrected chi connectivity index (χ4v) is 28.4. The highest BCUT2D eigenvalue weighted by Gasteiger charge is 2.41. The van der Waals surface area contributed by atoms with E-state index in [2.05, 4.69) is 473 Å². The van der Waals surface area contributed by atoms with Crippen LogP contribution in [0.1, 0.15) is 80.6 Å². The first-order valence-electron chi connectivity index (χ1n) is 52.0. The molecule has 36 rings (SSSR count). The molecule has 0 fully saturated rings. The molecule has 0 bridgehead atoms. The second-order valence-corrected chi connectivity index (χ2v) is 43.1. The second-order valence-electron chi connectivity index (χ2n) is 42.0. The Labute approximate surface area is 857 Å². The number of furan rings is 2. The molecule has 0 saturated carbocycles. The van der Waals surface area contributed by atoms with E-state index in [9.17, 15) is 0 Å². The minimum absolute atomic E-state index is 0.0113. The maximum atomic E-state index is 6.37. The zero-order chi connectivity index (χ0) is 97.0. The van der Waals surface area contributed by atoms with E-state index < -0.39 is 0 Å². The summed E-state index contributed by atoms with van der Waals surface area (Å²) in [5, 5.41) is 36.7. The zero-order valence-corrected chi connectivity index (χ0v) is 82.3. The van der Waals surface area contributed by atoms with Gasteiger partial charge in [0.25, 0.3) is 0 Å². The SMILES string of the molecule is CC1(C)c2ccc3c(c2-c2ccc4ccccc4c21)Cc1ccc2ccccc2c1-3.c1ccc(-n2c3ccc4ccccc4c3c3ccc4c(c32)Cc2cc3ccccc3cc2-4)cc1.c1ccc2c(c1)Cc1c-2ccc2oc3cc4cc5ccccc5cc4cc3c12.c1ccc2c3c(ccc2c1)Cc1c-3ccc2sc3ccc4ccccc4c3c12.c1ccc2cc3c(cc2c1)Cc1c-3ccc2oc3c4ccccc4ccc3c12. The third-order valence-corrected chi connectivity index (χ3v) is 34.9. The van der Waals surface area contributed by atoms with Gasteiger partial charge in [0.15, 0.2) is 0 Å². The van der Waals surface area contributed by atoms with Crippen molar-refractivity contribution in [1.82, 2.24) is 4.57 Å². The molecule has 0 atom stereocenters. The maximum Gasteiger partial charge on any atom is 0.143 e. The Morgan fingerprint density at radius 3 is 1.30 bits per heavy atom. The molecule has 0 spiro atoms. The summed E-state index contributed by atoms with van der Waals surface area (Å²) in [5.74, 6) is 0. The fraction of sp³-hybridized carbons (Fsp3) is 0.0556. The number of para-hydroxylation sites is 1. The highest BCUT2D eigenvalue weighted by atomic mass is 32.1. The van der Waals surface area contributed by atoms with Crippen molar-refractivity contribution in [3.63, 3.8) is 0 Å². The standard InChI is InChI=1S/C33H21N.C30H22.2C27H16O.C27H16S/c1-2-11-25(12-3-1)34-31-17-14-21-8-6-7-13-26(21)32(31)28-16-15-27-29-19-23-10-5-4-9-22(23)18-24(29)20-30(27)33(28)34;1-30(2)26-16-15-23-25(17-20-12-11-18-7-3-5-9-21(18)27(20)23)28(26)24-14-13-19-8-4-6-10-22(19)29(24)30;1-2-7-18-14-23-19(13-17(18)6-1)15-24-21(23)11-12-25-26(24)22-10-9-16-5-3-4-8-20(16)27(22)28-25;1-2-6-17-12-20-15-26-24(14-19(20)11-16(17)5-1)27-23-13-18-7-3-4-8-21(18)22(23)9-10-25(27)28-26;1-3-7-19-16(5-1)9-10-18-15-22-21(25(18)19)12-14-24-27(22)26-20-8-4-2-6-17(20)11-13-23(26)28-24/h1-19H,20H2;3-16H,17H2,1-2H3;1-14H,15H2;1-12,14-15H,13H2;1-14H,15H2. The van der Waals surface area contributed by atoms with Crippen LogP contribution in [-0.2, 0) is 37.5 Å². The second kappa shape index (κ2) is 32.0. The monoisotopic (exact) mass is 1900 g/mol. The Balaban J connectivity index is 0.0000000822. The first-order valence-corrected chi connectivity index (χ1v) is 52.8. The van der Waals surface area contributed by atoms with Gasteiger partial charge < -0.3 is 13.4 Å². The summed E-state index contributed by atoms with van der Waals surface area (Å²) >= 11 is 1.92. The lowest BCUT2D eigenvalue weighted by Crippen LogP contribution is -2.15. The van der Waals surface area contributed by atoms with E-state index in [-0.39, 0.29) is 5.41 Å². The third-order valence-electron chi connectivity index (χ3n) is 33.8. The number of thiophene rings is 1. The molecule has 30 aromatic rings. The van der Waals surface area contributed by atoms with Crippen molar-refractivity contribution in [3.05, 3.63) is 522 Å². The van der Waals surface area contributed by atoms with Gasteiger partial charge in [0.2, 0.25) is 0 Å². The van der Waals surface area contributed by atoms with Crippen LogP contribution in [0.2, 0.25) is 0 Å². The van der Waals surface area contributed by atoms with Gasteiger partial charge in [-0.2, -0.15) is 0 Å². The van der Waals surface area contributed by atoms with Gasteiger partial charge in [-0.3, -0.25) is 0 Å². The van der Waals surface area contributed by atoms with Crippen molar-refractivity contribution in [2.75, 3.05) is 0 Å². The van der Waals surface area contributed by atoms with Crippen LogP contribution in [0.4, 0.5) is 0 Å². The molecule has 690 valence electrons. The summed E-state index contributed by atoms with van der Waals surface area (Å²) in [6, 6.07) is 167. The topological polar surface area (TPSA) is 31.2 Å². The molecular weight excluding hydrogens is 1810 g/mol. The number of fused-ring (bicyclic) bond motifs is 51. The first kappa shape index (κ1) is 83.4. The summed E-state index contributed by atoms with van der Waals surface area (Å²) in [4.78, 5) is 0. The number of nitrogens with zero attached hydrogens (tertiary/aromatic N) is 1. The largest absolute Gasteiger partial charge is 0.456 e.